The number of hydrogen-bond donors (Lipinski definition) is 0. The highest BCUT2D eigenvalue weighted by atomic mass is 32.2. The van der Waals surface area contributed by atoms with Gasteiger partial charge >= 0.3 is 0 Å². The van der Waals surface area contributed by atoms with Gasteiger partial charge in [0.05, 0.1) is 18.8 Å². The monoisotopic (exact) mass is 372 g/mol. The Hall–Kier alpha value is -2.20. The first-order valence-electron chi connectivity index (χ1n) is 7.55. The zero-order valence-corrected chi connectivity index (χ0v) is 13.9. The average Bonchev–Trinajstić information content (AvgIpc) is 3.15. The smallest absolute Gasteiger partial charge is 0.221 e. The van der Waals surface area contributed by atoms with Crippen LogP contribution < -0.4 is 9.47 Å². The van der Waals surface area contributed by atoms with Crippen LogP contribution in [0.5, 0.6) is 11.5 Å². The number of ether oxygens (including phenoxy) is 2. The summed E-state index contributed by atoms with van der Waals surface area (Å²) in [6, 6.07) is 3.41. The largest absolute Gasteiger partial charge is 0.478 e. The molecule has 2 aliphatic rings. The van der Waals surface area contributed by atoms with Gasteiger partial charge in [-0.25, -0.2) is 17.2 Å². The molecular weight excluding hydrogens is 358 g/mol. The SMILES string of the molecule is Cc1cc(CS(=O)(=O)N2C[C@@H]3Oc4c(F)ccc(F)c4O[C@@H]3C2)on1. The van der Waals surface area contributed by atoms with Crippen LogP contribution in [0.1, 0.15) is 11.5 Å². The maximum absolute atomic E-state index is 13.8. The second kappa shape index (κ2) is 5.67. The van der Waals surface area contributed by atoms with Crippen LogP contribution in [0.4, 0.5) is 8.78 Å². The third-order valence-electron chi connectivity index (χ3n) is 4.13. The number of aromatic nitrogens is 1. The molecule has 0 bridgehead atoms. The van der Waals surface area contributed by atoms with Gasteiger partial charge in [0, 0.05) is 6.07 Å². The number of aryl methyl sites for hydroxylation is 1. The van der Waals surface area contributed by atoms with Gasteiger partial charge in [0.15, 0.2) is 29.6 Å². The predicted octanol–water partition coefficient (Wildman–Crippen LogP) is 1.62. The molecule has 25 heavy (non-hydrogen) atoms. The third kappa shape index (κ3) is 2.85. The molecule has 0 amide bonds. The normalized spacial score (nSPS) is 22.8. The molecule has 0 N–H and O–H groups in total. The number of sulfonamides is 1. The maximum atomic E-state index is 13.8. The van der Waals surface area contributed by atoms with E-state index in [-0.39, 0.29) is 36.1 Å². The van der Waals surface area contributed by atoms with Crippen molar-refractivity contribution in [1.29, 1.82) is 0 Å². The summed E-state index contributed by atoms with van der Waals surface area (Å²) in [7, 11) is -3.71. The summed E-state index contributed by atoms with van der Waals surface area (Å²) >= 11 is 0. The number of nitrogens with zero attached hydrogens (tertiary/aromatic N) is 2. The Labute approximate surface area is 142 Å². The molecule has 7 nitrogen and oxygen atoms in total. The molecule has 10 heteroatoms. The van der Waals surface area contributed by atoms with Crippen LogP contribution in [0.25, 0.3) is 0 Å². The van der Waals surface area contributed by atoms with Crippen molar-refractivity contribution in [2.45, 2.75) is 24.9 Å². The zero-order valence-electron chi connectivity index (χ0n) is 13.1. The van der Waals surface area contributed by atoms with Gasteiger partial charge in [-0.3, -0.25) is 0 Å². The predicted molar refractivity (Wildman–Crippen MR) is 80.6 cm³/mol. The van der Waals surface area contributed by atoms with Crippen molar-refractivity contribution >= 4 is 10.0 Å². The second-order valence-electron chi connectivity index (χ2n) is 6.01. The van der Waals surface area contributed by atoms with E-state index in [9.17, 15) is 17.2 Å². The van der Waals surface area contributed by atoms with Crippen LogP contribution in [-0.4, -0.2) is 43.2 Å². The summed E-state index contributed by atoms with van der Waals surface area (Å²) in [4.78, 5) is 0. The first-order chi connectivity index (χ1) is 11.8. The van der Waals surface area contributed by atoms with Crippen LogP contribution in [0.3, 0.4) is 0 Å². The highest BCUT2D eigenvalue weighted by Crippen LogP contribution is 2.40. The molecule has 4 rings (SSSR count). The molecule has 2 aliphatic heterocycles. The zero-order chi connectivity index (χ0) is 17.8. The van der Waals surface area contributed by atoms with Crippen molar-refractivity contribution < 1.29 is 31.2 Å². The Balaban J connectivity index is 1.54. The van der Waals surface area contributed by atoms with Gasteiger partial charge in [-0.05, 0) is 19.1 Å². The lowest BCUT2D eigenvalue weighted by atomic mass is 10.2. The molecular formula is C15H14F2N2O5S. The van der Waals surface area contributed by atoms with E-state index in [0.29, 0.717) is 5.69 Å². The molecule has 0 aliphatic carbocycles. The molecule has 2 aromatic rings. The molecule has 0 radical (unpaired) electrons. The van der Waals surface area contributed by atoms with Crippen molar-refractivity contribution in [1.82, 2.24) is 9.46 Å². The topological polar surface area (TPSA) is 81.9 Å². The summed E-state index contributed by atoms with van der Waals surface area (Å²) in [5.74, 6) is -2.31. The lowest BCUT2D eigenvalue weighted by molar-refractivity contribution is 0.0467. The Kier molecular flexibility index (Phi) is 3.69. The van der Waals surface area contributed by atoms with E-state index in [2.05, 4.69) is 5.16 Å². The number of fused-ring (bicyclic) bond motifs is 2. The minimum absolute atomic E-state index is 0.0183. The summed E-state index contributed by atoms with van der Waals surface area (Å²) in [6.07, 6.45) is -1.43. The lowest BCUT2D eigenvalue weighted by Crippen LogP contribution is -2.39. The Morgan fingerprint density at radius 2 is 1.72 bits per heavy atom. The Morgan fingerprint density at radius 3 is 2.20 bits per heavy atom. The van der Waals surface area contributed by atoms with E-state index in [4.69, 9.17) is 14.0 Å². The van der Waals surface area contributed by atoms with Gasteiger partial charge in [-0.2, -0.15) is 4.31 Å². The number of benzene rings is 1. The molecule has 3 heterocycles. The average molecular weight is 372 g/mol. The highest BCUT2D eigenvalue weighted by molar-refractivity contribution is 7.88. The fourth-order valence-corrected chi connectivity index (χ4v) is 4.38. The molecule has 0 spiro atoms. The van der Waals surface area contributed by atoms with E-state index in [1.54, 1.807) is 6.92 Å². The number of hydrogen-bond acceptors (Lipinski definition) is 6. The highest BCUT2D eigenvalue weighted by Gasteiger charge is 2.46. The van der Waals surface area contributed by atoms with Crippen LogP contribution in [-0.2, 0) is 15.8 Å². The third-order valence-corrected chi connectivity index (χ3v) is 5.87. The summed E-state index contributed by atoms with van der Waals surface area (Å²) in [6.45, 7) is 1.65. The van der Waals surface area contributed by atoms with E-state index >= 15 is 0 Å². The van der Waals surface area contributed by atoms with E-state index in [1.807, 2.05) is 0 Å². The molecule has 1 saturated heterocycles. The van der Waals surface area contributed by atoms with Crippen LogP contribution in [0, 0.1) is 18.6 Å². The van der Waals surface area contributed by atoms with E-state index in [0.717, 1.165) is 12.1 Å². The number of halogens is 2. The molecule has 134 valence electrons. The molecule has 1 aromatic heterocycles. The summed E-state index contributed by atoms with van der Waals surface area (Å²) in [5, 5.41) is 3.66. The maximum Gasteiger partial charge on any atom is 0.221 e. The molecule has 1 fully saturated rings. The molecule has 0 unspecified atom stereocenters. The number of rotatable bonds is 3. The quantitative estimate of drug-likeness (QED) is 0.814. The summed E-state index contributed by atoms with van der Waals surface area (Å²) < 4.78 is 69.7. The standard InChI is InChI=1S/C15H14F2N2O5S/c1-8-4-9(24-18-8)7-25(20,21)19-5-12-13(6-19)23-15-11(17)3-2-10(16)14(15)22-12/h2-4,12-13H,5-7H2,1H3/t12-,13+. The summed E-state index contributed by atoms with van der Waals surface area (Å²) in [5.41, 5.74) is 0.577. The van der Waals surface area contributed by atoms with Gasteiger partial charge in [-0.15, -0.1) is 0 Å². The fourth-order valence-electron chi connectivity index (χ4n) is 2.96. The van der Waals surface area contributed by atoms with Crippen molar-refractivity contribution in [3.63, 3.8) is 0 Å². The van der Waals surface area contributed by atoms with E-state index in [1.165, 1.54) is 10.4 Å². The minimum Gasteiger partial charge on any atom is -0.478 e. The molecule has 2 atom stereocenters. The first-order valence-corrected chi connectivity index (χ1v) is 9.16. The van der Waals surface area contributed by atoms with Crippen LogP contribution in [0.2, 0.25) is 0 Å². The van der Waals surface area contributed by atoms with Crippen molar-refractivity contribution in [2.75, 3.05) is 13.1 Å². The van der Waals surface area contributed by atoms with Gasteiger partial charge in [0.2, 0.25) is 21.5 Å². The van der Waals surface area contributed by atoms with E-state index < -0.39 is 33.9 Å². The molecule has 1 aromatic carbocycles. The fraction of sp³-hybridized carbons (Fsp3) is 0.400. The van der Waals surface area contributed by atoms with Gasteiger partial charge in [0.1, 0.15) is 5.75 Å². The van der Waals surface area contributed by atoms with Gasteiger partial charge in [-0.1, -0.05) is 5.16 Å². The lowest BCUT2D eigenvalue weighted by Gasteiger charge is -2.28. The molecule has 0 saturated carbocycles. The van der Waals surface area contributed by atoms with Crippen molar-refractivity contribution in [3.8, 4) is 11.5 Å². The second-order valence-corrected chi connectivity index (χ2v) is 7.98. The Morgan fingerprint density at radius 1 is 1.16 bits per heavy atom. The van der Waals surface area contributed by atoms with Crippen LogP contribution in [0.15, 0.2) is 22.7 Å². The Bertz CT molecular complexity index is 891. The van der Waals surface area contributed by atoms with Crippen molar-refractivity contribution in [2.24, 2.45) is 0 Å². The van der Waals surface area contributed by atoms with Gasteiger partial charge in [0.25, 0.3) is 0 Å². The van der Waals surface area contributed by atoms with Gasteiger partial charge < -0.3 is 14.0 Å². The minimum atomic E-state index is -3.71. The first kappa shape index (κ1) is 16.3. The van der Waals surface area contributed by atoms with Crippen LogP contribution >= 0.6 is 0 Å². The van der Waals surface area contributed by atoms with Crippen molar-refractivity contribution in [3.05, 3.63) is 41.3 Å².